The van der Waals surface area contributed by atoms with E-state index in [2.05, 4.69) is 81.4 Å². The molecule has 0 aliphatic heterocycles. The Bertz CT molecular complexity index is 757. The fourth-order valence-electron chi connectivity index (χ4n) is 6.44. The lowest BCUT2D eigenvalue weighted by Gasteiger charge is -2.45. The molecule has 2 bridgehead atoms. The monoisotopic (exact) mass is 408 g/mol. The highest BCUT2D eigenvalue weighted by Crippen LogP contribution is 2.54. The molecule has 0 aromatic heterocycles. The van der Waals surface area contributed by atoms with E-state index in [-0.39, 0.29) is 11.1 Å². The first-order valence-corrected chi connectivity index (χ1v) is 13.2. The van der Waals surface area contributed by atoms with Gasteiger partial charge in [0, 0.05) is 6.61 Å². The molecule has 0 amide bonds. The summed E-state index contributed by atoms with van der Waals surface area (Å²) >= 11 is 0. The van der Waals surface area contributed by atoms with Crippen LogP contribution in [-0.4, -0.2) is 26.1 Å². The molecule has 4 rings (SSSR count). The van der Waals surface area contributed by atoms with Crippen LogP contribution < -0.4 is 10.4 Å². The van der Waals surface area contributed by atoms with Gasteiger partial charge in [-0.2, -0.15) is 0 Å². The summed E-state index contributed by atoms with van der Waals surface area (Å²) in [6.45, 7) is 9.77. The molecule has 2 fully saturated rings. The molecule has 0 saturated heterocycles. The van der Waals surface area contributed by atoms with E-state index < -0.39 is 8.32 Å². The standard InChI is InChI=1S/C26H36O2Si/c1-19(27)25-21-16-15-20(17-21)24(25)18-28-29(26(2,3)4,22-11-7-5-8-12-22)23-13-9-6-10-14-23/h5-14,19-21,24-25,27H,15-18H2,1-4H3. The van der Waals surface area contributed by atoms with E-state index >= 15 is 0 Å². The van der Waals surface area contributed by atoms with Crippen LogP contribution in [0.3, 0.4) is 0 Å². The first kappa shape index (κ1) is 20.8. The molecule has 2 aliphatic rings. The van der Waals surface area contributed by atoms with Crippen LogP contribution in [0, 0.1) is 23.7 Å². The lowest BCUT2D eigenvalue weighted by Crippen LogP contribution is -2.67. The third-order valence-electron chi connectivity index (χ3n) is 7.62. The number of benzene rings is 2. The van der Waals surface area contributed by atoms with Crippen LogP contribution >= 0.6 is 0 Å². The maximum atomic E-state index is 10.5. The van der Waals surface area contributed by atoms with Gasteiger partial charge in [-0.1, -0.05) is 81.4 Å². The molecule has 0 spiro atoms. The smallest absolute Gasteiger partial charge is 0.261 e. The molecule has 156 valence electrons. The summed E-state index contributed by atoms with van der Waals surface area (Å²) < 4.78 is 7.21. The molecule has 2 aromatic rings. The maximum absolute atomic E-state index is 10.5. The highest BCUT2D eigenvalue weighted by atomic mass is 28.4. The minimum atomic E-state index is -2.49. The number of fused-ring (bicyclic) bond motifs is 2. The molecular formula is C26H36O2Si. The van der Waals surface area contributed by atoms with Gasteiger partial charge in [-0.25, -0.2) is 0 Å². The Kier molecular flexibility index (Phi) is 5.76. The zero-order chi connectivity index (χ0) is 20.6. The van der Waals surface area contributed by atoms with Gasteiger partial charge in [-0.15, -0.1) is 0 Å². The number of aliphatic hydroxyl groups excluding tert-OH is 1. The van der Waals surface area contributed by atoms with Crippen LogP contribution in [-0.2, 0) is 4.43 Å². The molecule has 29 heavy (non-hydrogen) atoms. The summed E-state index contributed by atoms with van der Waals surface area (Å²) in [7, 11) is -2.49. The van der Waals surface area contributed by atoms with Crippen molar-refractivity contribution in [1.29, 1.82) is 0 Å². The molecule has 2 aromatic carbocycles. The lowest BCUT2D eigenvalue weighted by atomic mass is 9.77. The van der Waals surface area contributed by atoms with Crippen molar-refractivity contribution in [3.05, 3.63) is 60.7 Å². The first-order chi connectivity index (χ1) is 13.8. The molecule has 3 heteroatoms. The summed E-state index contributed by atoms with van der Waals surface area (Å²) in [6.07, 6.45) is 3.64. The highest BCUT2D eigenvalue weighted by molar-refractivity contribution is 6.99. The summed E-state index contributed by atoms with van der Waals surface area (Å²) in [5.74, 6) is 2.29. The van der Waals surface area contributed by atoms with Gasteiger partial charge >= 0.3 is 0 Å². The molecule has 2 aliphatic carbocycles. The van der Waals surface area contributed by atoms with Crippen molar-refractivity contribution in [3.63, 3.8) is 0 Å². The van der Waals surface area contributed by atoms with Crippen molar-refractivity contribution < 1.29 is 9.53 Å². The molecular weight excluding hydrogens is 372 g/mol. The van der Waals surface area contributed by atoms with Crippen molar-refractivity contribution in [1.82, 2.24) is 0 Å². The van der Waals surface area contributed by atoms with Gasteiger partial charge in [0.2, 0.25) is 0 Å². The highest BCUT2D eigenvalue weighted by Gasteiger charge is 2.53. The Balaban J connectivity index is 1.73. The van der Waals surface area contributed by atoms with E-state index in [1.165, 1.54) is 29.6 Å². The minimum absolute atomic E-state index is 0.00759. The van der Waals surface area contributed by atoms with Crippen molar-refractivity contribution in [2.45, 2.75) is 58.1 Å². The van der Waals surface area contributed by atoms with Crippen LogP contribution in [0.1, 0.15) is 47.0 Å². The van der Waals surface area contributed by atoms with Gasteiger partial charge in [-0.3, -0.25) is 0 Å². The van der Waals surface area contributed by atoms with Crippen molar-refractivity contribution in [3.8, 4) is 0 Å². The van der Waals surface area contributed by atoms with Gasteiger partial charge in [0.25, 0.3) is 8.32 Å². The minimum Gasteiger partial charge on any atom is -0.407 e. The Morgan fingerprint density at radius 3 is 1.93 bits per heavy atom. The molecule has 2 saturated carbocycles. The second-order valence-corrected chi connectivity index (χ2v) is 14.6. The van der Waals surface area contributed by atoms with E-state index in [9.17, 15) is 5.11 Å². The topological polar surface area (TPSA) is 29.5 Å². The lowest BCUT2D eigenvalue weighted by molar-refractivity contribution is 0.0308. The zero-order valence-electron chi connectivity index (χ0n) is 18.3. The molecule has 0 heterocycles. The second-order valence-electron chi connectivity index (χ2n) is 10.3. The van der Waals surface area contributed by atoms with Crippen LogP contribution in [0.5, 0.6) is 0 Å². The summed E-state index contributed by atoms with van der Waals surface area (Å²) in [6, 6.07) is 21.8. The second kappa shape index (κ2) is 8.01. The van der Waals surface area contributed by atoms with Gasteiger partial charge in [0.05, 0.1) is 6.10 Å². The van der Waals surface area contributed by atoms with Crippen LogP contribution in [0.4, 0.5) is 0 Å². The van der Waals surface area contributed by atoms with E-state index in [0.717, 1.165) is 12.5 Å². The van der Waals surface area contributed by atoms with Gasteiger partial charge in [0.15, 0.2) is 0 Å². The molecule has 5 unspecified atom stereocenters. The first-order valence-electron chi connectivity index (χ1n) is 11.3. The van der Waals surface area contributed by atoms with E-state index in [0.29, 0.717) is 17.8 Å². The molecule has 2 nitrogen and oxygen atoms in total. The predicted molar refractivity (Wildman–Crippen MR) is 123 cm³/mol. The van der Waals surface area contributed by atoms with E-state index in [1.54, 1.807) is 0 Å². The molecule has 0 radical (unpaired) electrons. The zero-order valence-corrected chi connectivity index (χ0v) is 19.3. The number of rotatable bonds is 6. The van der Waals surface area contributed by atoms with Gasteiger partial charge < -0.3 is 9.53 Å². The SMILES string of the molecule is CC(O)C1C2CCC(C2)C1CO[Si](c1ccccc1)(c1ccccc1)C(C)(C)C. The average Bonchev–Trinajstić information content (AvgIpc) is 3.30. The van der Waals surface area contributed by atoms with E-state index in [4.69, 9.17) is 4.43 Å². The Morgan fingerprint density at radius 2 is 1.45 bits per heavy atom. The van der Waals surface area contributed by atoms with Crippen LogP contribution in [0.15, 0.2) is 60.7 Å². The number of aliphatic hydroxyl groups is 1. The van der Waals surface area contributed by atoms with Crippen LogP contribution in [0.25, 0.3) is 0 Å². The van der Waals surface area contributed by atoms with Crippen molar-refractivity contribution >= 4 is 18.7 Å². The quantitative estimate of drug-likeness (QED) is 0.708. The maximum Gasteiger partial charge on any atom is 0.261 e. The summed E-state index contributed by atoms with van der Waals surface area (Å²) in [5.41, 5.74) is 0. The third-order valence-corrected chi connectivity index (χ3v) is 12.6. The summed E-state index contributed by atoms with van der Waals surface area (Å²) in [5, 5.41) is 13.2. The number of hydrogen-bond acceptors (Lipinski definition) is 2. The predicted octanol–water partition coefficient (Wildman–Crippen LogP) is 4.61. The largest absolute Gasteiger partial charge is 0.407 e. The Morgan fingerprint density at radius 1 is 0.931 bits per heavy atom. The van der Waals surface area contributed by atoms with Crippen molar-refractivity contribution in [2.75, 3.05) is 6.61 Å². The fraction of sp³-hybridized carbons (Fsp3) is 0.538. The summed E-state index contributed by atoms with van der Waals surface area (Å²) in [4.78, 5) is 0. The van der Waals surface area contributed by atoms with Crippen molar-refractivity contribution in [2.24, 2.45) is 23.7 Å². The molecule has 1 N–H and O–H groups in total. The Hall–Kier alpha value is -1.42. The van der Waals surface area contributed by atoms with Gasteiger partial charge in [-0.05, 0) is 65.3 Å². The third kappa shape index (κ3) is 3.62. The van der Waals surface area contributed by atoms with Crippen LogP contribution in [0.2, 0.25) is 5.04 Å². The molecule has 5 atom stereocenters. The average molecular weight is 409 g/mol. The Labute approximate surface area is 177 Å². The fourth-order valence-corrected chi connectivity index (χ4v) is 11.0. The van der Waals surface area contributed by atoms with Gasteiger partial charge in [0.1, 0.15) is 0 Å². The van der Waals surface area contributed by atoms with E-state index in [1.807, 2.05) is 6.92 Å². The number of hydrogen-bond donors (Lipinski definition) is 1. The normalized spacial score (nSPS) is 27.9.